The van der Waals surface area contributed by atoms with Crippen LogP contribution in [0.4, 0.5) is 5.69 Å². The summed E-state index contributed by atoms with van der Waals surface area (Å²) < 4.78 is 22.9. The summed E-state index contributed by atoms with van der Waals surface area (Å²) in [5, 5.41) is 2.63. The first kappa shape index (κ1) is 19.4. The first-order valence-electron chi connectivity index (χ1n) is 8.62. The number of hydrogen-bond acceptors (Lipinski definition) is 4. The third kappa shape index (κ3) is 5.04. The number of nitrogens with one attached hydrogen (secondary N) is 1. The number of sulfone groups is 1. The van der Waals surface area contributed by atoms with E-state index in [1.54, 1.807) is 11.8 Å². The summed E-state index contributed by atoms with van der Waals surface area (Å²) in [5.74, 6) is -0.385. The maximum Gasteiger partial charge on any atom is 0.227 e. The van der Waals surface area contributed by atoms with Gasteiger partial charge in [-0.25, -0.2) is 8.42 Å². The summed E-state index contributed by atoms with van der Waals surface area (Å²) in [6.45, 7) is 6.20. The van der Waals surface area contributed by atoms with E-state index >= 15 is 0 Å². The van der Waals surface area contributed by atoms with Crippen molar-refractivity contribution < 1.29 is 18.0 Å². The standard InChI is InChI=1S/C18H26N2O4S/c1-4-25(23,24)10-9-19-18(22)15-11-17(21)20(12-15)16-7-5-14(6-8-16)13(2)3/h5-8,13,15H,4,9-12H2,1-3H3,(H,19,22)/t15-/m1/s1. The number of carbonyl (C=O) groups is 2. The van der Waals surface area contributed by atoms with Crippen molar-refractivity contribution in [3.05, 3.63) is 29.8 Å². The molecule has 1 aliphatic heterocycles. The SMILES string of the molecule is CCS(=O)(=O)CCNC(=O)[C@@H]1CC(=O)N(c2ccc(C(C)C)cc2)C1. The summed E-state index contributed by atoms with van der Waals surface area (Å²) in [5.41, 5.74) is 1.99. The Morgan fingerprint density at radius 1 is 1.28 bits per heavy atom. The average Bonchev–Trinajstić information content (AvgIpc) is 2.96. The zero-order valence-electron chi connectivity index (χ0n) is 15.0. The molecule has 7 heteroatoms. The van der Waals surface area contributed by atoms with Gasteiger partial charge in [0.2, 0.25) is 11.8 Å². The molecule has 2 rings (SSSR count). The van der Waals surface area contributed by atoms with E-state index in [0.717, 1.165) is 5.69 Å². The summed E-state index contributed by atoms with van der Waals surface area (Å²) in [6, 6.07) is 7.80. The Morgan fingerprint density at radius 3 is 2.48 bits per heavy atom. The first-order valence-corrected chi connectivity index (χ1v) is 10.4. The van der Waals surface area contributed by atoms with Crippen molar-refractivity contribution in [1.29, 1.82) is 0 Å². The Hall–Kier alpha value is -1.89. The van der Waals surface area contributed by atoms with Crippen molar-refractivity contribution in [1.82, 2.24) is 5.32 Å². The Balaban J connectivity index is 1.94. The highest BCUT2D eigenvalue weighted by Gasteiger charge is 2.35. The van der Waals surface area contributed by atoms with Crippen LogP contribution in [0.1, 0.15) is 38.7 Å². The molecule has 1 aliphatic rings. The van der Waals surface area contributed by atoms with Crippen LogP contribution in [0.5, 0.6) is 0 Å². The lowest BCUT2D eigenvalue weighted by atomic mass is 10.0. The van der Waals surface area contributed by atoms with Gasteiger partial charge in [-0.05, 0) is 23.6 Å². The monoisotopic (exact) mass is 366 g/mol. The Bertz CT molecular complexity index is 726. The lowest BCUT2D eigenvalue weighted by Gasteiger charge is -2.17. The Morgan fingerprint density at radius 2 is 1.92 bits per heavy atom. The maximum absolute atomic E-state index is 12.2. The van der Waals surface area contributed by atoms with Gasteiger partial charge in [-0.15, -0.1) is 0 Å². The van der Waals surface area contributed by atoms with E-state index in [9.17, 15) is 18.0 Å². The summed E-state index contributed by atoms with van der Waals surface area (Å²) in [4.78, 5) is 26.1. The van der Waals surface area contributed by atoms with Crippen LogP contribution >= 0.6 is 0 Å². The number of anilines is 1. The highest BCUT2D eigenvalue weighted by atomic mass is 32.2. The van der Waals surface area contributed by atoms with Crippen molar-refractivity contribution in [2.24, 2.45) is 5.92 Å². The lowest BCUT2D eigenvalue weighted by molar-refractivity contribution is -0.126. The molecule has 25 heavy (non-hydrogen) atoms. The van der Waals surface area contributed by atoms with Crippen LogP contribution in [-0.4, -0.2) is 44.8 Å². The molecule has 138 valence electrons. The molecule has 1 aromatic carbocycles. The summed E-state index contributed by atoms with van der Waals surface area (Å²) in [7, 11) is -3.11. The van der Waals surface area contributed by atoms with Crippen molar-refractivity contribution in [3.63, 3.8) is 0 Å². The van der Waals surface area contributed by atoms with Crippen LogP contribution < -0.4 is 10.2 Å². The zero-order chi connectivity index (χ0) is 18.6. The first-order chi connectivity index (χ1) is 11.7. The van der Waals surface area contributed by atoms with Gasteiger partial charge in [0, 0.05) is 31.0 Å². The van der Waals surface area contributed by atoms with E-state index in [4.69, 9.17) is 0 Å². The number of amides is 2. The van der Waals surface area contributed by atoms with Crippen LogP contribution in [0.25, 0.3) is 0 Å². The van der Waals surface area contributed by atoms with Crippen molar-refractivity contribution in [2.75, 3.05) is 29.5 Å². The van der Waals surface area contributed by atoms with Gasteiger partial charge in [0.1, 0.15) is 0 Å². The largest absolute Gasteiger partial charge is 0.355 e. The molecule has 0 saturated carbocycles. The van der Waals surface area contributed by atoms with E-state index in [0.29, 0.717) is 12.5 Å². The number of carbonyl (C=O) groups excluding carboxylic acids is 2. The maximum atomic E-state index is 12.2. The van der Waals surface area contributed by atoms with Crippen LogP contribution in [0.3, 0.4) is 0 Å². The third-order valence-electron chi connectivity index (χ3n) is 4.52. The molecule has 1 saturated heterocycles. The minimum atomic E-state index is -3.11. The molecule has 1 heterocycles. The number of hydrogen-bond donors (Lipinski definition) is 1. The lowest BCUT2D eigenvalue weighted by Crippen LogP contribution is -2.35. The highest BCUT2D eigenvalue weighted by molar-refractivity contribution is 7.91. The van der Waals surface area contributed by atoms with E-state index in [1.165, 1.54) is 5.56 Å². The van der Waals surface area contributed by atoms with Gasteiger partial charge in [0.15, 0.2) is 9.84 Å². The van der Waals surface area contributed by atoms with Crippen LogP contribution in [0.15, 0.2) is 24.3 Å². The molecule has 6 nitrogen and oxygen atoms in total. The Kier molecular flexibility index (Phi) is 6.21. The molecule has 0 spiro atoms. The normalized spacial score (nSPS) is 18.0. The van der Waals surface area contributed by atoms with Crippen molar-refractivity contribution in [3.8, 4) is 0 Å². The van der Waals surface area contributed by atoms with Gasteiger partial charge in [0.25, 0.3) is 0 Å². The molecular weight excluding hydrogens is 340 g/mol. The number of benzene rings is 1. The molecule has 0 aliphatic carbocycles. The molecule has 2 amide bonds. The fourth-order valence-electron chi connectivity index (χ4n) is 2.79. The molecule has 0 bridgehead atoms. The van der Waals surface area contributed by atoms with E-state index in [-0.39, 0.29) is 36.3 Å². The zero-order valence-corrected chi connectivity index (χ0v) is 15.8. The second kappa shape index (κ2) is 7.99. The molecule has 1 fully saturated rings. The van der Waals surface area contributed by atoms with Crippen LogP contribution in [-0.2, 0) is 19.4 Å². The molecular formula is C18H26N2O4S. The van der Waals surface area contributed by atoms with Gasteiger partial charge in [-0.2, -0.15) is 0 Å². The number of rotatable bonds is 7. The quantitative estimate of drug-likeness (QED) is 0.796. The fourth-order valence-corrected chi connectivity index (χ4v) is 3.49. The molecule has 0 aromatic heterocycles. The minimum absolute atomic E-state index is 0.0605. The molecule has 0 unspecified atom stereocenters. The van der Waals surface area contributed by atoms with Gasteiger partial charge in [-0.3, -0.25) is 9.59 Å². The van der Waals surface area contributed by atoms with E-state index in [1.807, 2.05) is 24.3 Å². The Labute approximate surface area is 149 Å². The van der Waals surface area contributed by atoms with Gasteiger partial charge in [0.05, 0.1) is 11.7 Å². The predicted molar refractivity (Wildman–Crippen MR) is 98.3 cm³/mol. The van der Waals surface area contributed by atoms with Crippen LogP contribution in [0.2, 0.25) is 0 Å². The average molecular weight is 366 g/mol. The van der Waals surface area contributed by atoms with Crippen LogP contribution in [0, 0.1) is 5.92 Å². The molecule has 1 N–H and O–H groups in total. The topological polar surface area (TPSA) is 83.5 Å². The highest BCUT2D eigenvalue weighted by Crippen LogP contribution is 2.26. The third-order valence-corrected chi connectivity index (χ3v) is 6.23. The van der Waals surface area contributed by atoms with Gasteiger partial charge < -0.3 is 10.2 Å². The minimum Gasteiger partial charge on any atom is -0.355 e. The smallest absolute Gasteiger partial charge is 0.227 e. The molecule has 1 aromatic rings. The summed E-state index contributed by atoms with van der Waals surface area (Å²) >= 11 is 0. The molecule has 0 radical (unpaired) electrons. The van der Waals surface area contributed by atoms with E-state index < -0.39 is 15.8 Å². The number of nitrogens with zero attached hydrogens (tertiary/aromatic N) is 1. The molecule has 1 atom stereocenters. The predicted octanol–water partition coefficient (Wildman–Crippen LogP) is 1.71. The van der Waals surface area contributed by atoms with Gasteiger partial charge >= 0.3 is 0 Å². The van der Waals surface area contributed by atoms with Gasteiger partial charge in [-0.1, -0.05) is 32.9 Å². The fraction of sp³-hybridized carbons (Fsp3) is 0.556. The summed E-state index contributed by atoms with van der Waals surface area (Å²) in [6.07, 6.45) is 0.151. The second-order valence-electron chi connectivity index (χ2n) is 6.68. The van der Waals surface area contributed by atoms with Crippen molar-refractivity contribution in [2.45, 2.75) is 33.1 Å². The van der Waals surface area contributed by atoms with E-state index in [2.05, 4.69) is 19.2 Å². The second-order valence-corrected chi connectivity index (χ2v) is 9.15. The van der Waals surface area contributed by atoms with Crippen molar-refractivity contribution >= 4 is 27.3 Å².